The van der Waals surface area contributed by atoms with Crippen LogP contribution in [0.25, 0.3) is 0 Å². The Labute approximate surface area is 186 Å². The van der Waals surface area contributed by atoms with E-state index in [0.29, 0.717) is 24.3 Å². The van der Waals surface area contributed by atoms with Crippen LogP contribution >= 0.6 is 0 Å². The summed E-state index contributed by atoms with van der Waals surface area (Å²) in [4.78, 5) is 0. The number of ether oxygens (including phenoxy) is 3. The Kier molecular flexibility index (Phi) is 5.13. The number of nitrogens with zero attached hydrogens (tertiary/aromatic N) is 3. The zero-order valence-electron chi connectivity index (χ0n) is 17.8. The highest BCUT2D eigenvalue weighted by molar-refractivity contribution is 5.89. The number of nitriles is 3. The first-order valence-corrected chi connectivity index (χ1v) is 10.4. The summed E-state index contributed by atoms with van der Waals surface area (Å²) < 4.78 is 18.0. The standard InChI is InChI=1S/C25H22N4O3/c1-3-25-17(2)24(16-28,22(29)32-25)23(14-26,15-27)21(31-25)19-10-7-11-20(12-19)30-13-18-8-5-4-6-9-18/h4-12,17,21,29H,3,13H2,1-2H3. The average molecular weight is 426 g/mol. The third-order valence-electron chi connectivity index (χ3n) is 6.71. The molecule has 2 heterocycles. The molecule has 4 rings (SSSR count). The van der Waals surface area contributed by atoms with E-state index in [2.05, 4.69) is 6.07 Å². The van der Waals surface area contributed by atoms with Crippen molar-refractivity contribution in [1.82, 2.24) is 0 Å². The summed E-state index contributed by atoms with van der Waals surface area (Å²) in [5.41, 5.74) is -2.21. The molecule has 0 radical (unpaired) electrons. The third-order valence-corrected chi connectivity index (χ3v) is 6.71. The van der Waals surface area contributed by atoms with Gasteiger partial charge >= 0.3 is 0 Å². The molecular formula is C25H22N4O3. The lowest BCUT2D eigenvalue weighted by Crippen LogP contribution is -2.58. The van der Waals surface area contributed by atoms with Crippen LogP contribution in [0.4, 0.5) is 0 Å². The summed E-state index contributed by atoms with van der Waals surface area (Å²) in [6.45, 7) is 3.88. The Morgan fingerprint density at radius 1 is 1.03 bits per heavy atom. The minimum atomic E-state index is -1.97. The summed E-state index contributed by atoms with van der Waals surface area (Å²) >= 11 is 0. The maximum atomic E-state index is 10.2. The van der Waals surface area contributed by atoms with Crippen molar-refractivity contribution in [2.24, 2.45) is 16.7 Å². The number of hydrogen-bond acceptors (Lipinski definition) is 7. The van der Waals surface area contributed by atoms with Gasteiger partial charge in [-0.05, 0) is 23.3 Å². The van der Waals surface area contributed by atoms with Crippen molar-refractivity contribution in [3.8, 4) is 24.0 Å². The maximum Gasteiger partial charge on any atom is 0.217 e. The van der Waals surface area contributed by atoms with E-state index < -0.39 is 34.5 Å². The lowest BCUT2D eigenvalue weighted by Gasteiger charge is -2.48. The predicted molar refractivity (Wildman–Crippen MR) is 114 cm³/mol. The normalized spacial score (nSPS) is 29.8. The van der Waals surface area contributed by atoms with Gasteiger partial charge in [-0.15, -0.1) is 0 Å². The van der Waals surface area contributed by atoms with E-state index in [0.717, 1.165) is 5.56 Å². The number of benzene rings is 2. The molecule has 2 fully saturated rings. The predicted octanol–water partition coefficient (Wildman–Crippen LogP) is 4.63. The molecule has 32 heavy (non-hydrogen) atoms. The van der Waals surface area contributed by atoms with Gasteiger partial charge < -0.3 is 14.2 Å². The van der Waals surface area contributed by atoms with Gasteiger partial charge in [0.05, 0.1) is 24.1 Å². The van der Waals surface area contributed by atoms with Gasteiger partial charge in [-0.3, -0.25) is 5.41 Å². The van der Waals surface area contributed by atoms with E-state index in [1.807, 2.05) is 49.4 Å². The molecule has 4 atom stereocenters. The van der Waals surface area contributed by atoms with E-state index in [9.17, 15) is 15.8 Å². The van der Waals surface area contributed by atoms with Crippen LogP contribution in [0.1, 0.15) is 37.5 Å². The van der Waals surface area contributed by atoms with Crippen molar-refractivity contribution >= 4 is 5.90 Å². The lowest BCUT2D eigenvalue weighted by atomic mass is 9.53. The Hall–Kier alpha value is -3.86. The molecule has 7 heteroatoms. The van der Waals surface area contributed by atoms with Crippen molar-refractivity contribution in [3.63, 3.8) is 0 Å². The van der Waals surface area contributed by atoms with Crippen LogP contribution < -0.4 is 4.74 Å². The highest BCUT2D eigenvalue weighted by Gasteiger charge is 2.78. The summed E-state index contributed by atoms with van der Waals surface area (Å²) in [5, 5.41) is 39.1. The molecule has 0 aromatic heterocycles. The molecule has 1 N–H and O–H groups in total. The summed E-state index contributed by atoms with van der Waals surface area (Å²) in [6, 6.07) is 22.9. The van der Waals surface area contributed by atoms with Gasteiger partial charge in [0.25, 0.3) is 0 Å². The highest BCUT2D eigenvalue weighted by atomic mass is 16.7. The number of fused-ring (bicyclic) bond motifs is 2. The molecule has 2 aliphatic heterocycles. The maximum absolute atomic E-state index is 10.2. The van der Waals surface area contributed by atoms with Gasteiger partial charge in [-0.2, -0.15) is 15.8 Å². The number of hydrogen-bond donors (Lipinski definition) is 1. The SMILES string of the molecule is CCC12OC(=N)C(C#N)(C1C)C(C#N)(C#N)C(c1cccc(OCc3ccccc3)c1)O2. The average Bonchev–Trinajstić information content (AvgIpc) is 2.99. The second-order valence-corrected chi connectivity index (χ2v) is 8.11. The van der Waals surface area contributed by atoms with Gasteiger partial charge in [0.2, 0.25) is 17.1 Å². The lowest BCUT2D eigenvalue weighted by molar-refractivity contribution is -0.280. The topological polar surface area (TPSA) is 123 Å². The van der Waals surface area contributed by atoms with Gasteiger partial charge in [0.15, 0.2) is 5.41 Å². The van der Waals surface area contributed by atoms with Crippen LogP contribution in [0, 0.1) is 56.2 Å². The molecule has 0 saturated carbocycles. The molecule has 4 unspecified atom stereocenters. The Morgan fingerprint density at radius 2 is 1.75 bits per heavy atom. The van der Waals surface area contributed by atoms with Crippen LogP contribution in [-0.4, -0.2) is 11.7 Å². The van der Waals surface area contributed by atoms with Crippen molar-refractivity contribution < 1.29 is 14.2 Å². The largest absolute Gasteiger partial charge is 0.489 e. The van der Waals surface area contributed by atoms with Crippen molar-refractivity contribution in [2.75, 3.05) is 0 Å². The van der Waals surface area contributed by atoms with E-state index in [1.165, 1.54) is 0 Å². The highest BCUT2D eigenvalue weighted by Crippen LogP contribution is 2.67. The molecule has 0 aliphatic carbocycles. The van der Waals surface area contributed by atoms with Crippen LogP contribution in [0.3, 0.4) is 0 Å². The zero-order valence-corrected chi connectivity index (χ0v) is 17.8. The quantitative estimate of drug-likeness (QED) is 0.743. The molecule has 160 valence electrons. The van der Waals surface area contributed by atoms with E-state index >= 15 is 0 Å². The fourth-order valence-electron chi connectivity index (χ4n) is 4.85. The fraction of sp³-hybridized carbons (Fsp3) is 0.360. The van der Waals surface area contributed by atoms with E-state index in [1.54, 1.807) is 31.2 Å². The summed E-state index contributed by atoms with van der Waals surface area (Å²) in [7, 11) is 0. The second kappa shape index (κ2) is 7.68. The fourth-order valence-corrected chi connectivity index (χ4v) is 4.85. The minimum absolute atomic E-state index is 0.350. The number of rotatable bonds is 5. The molecule has 2 aliphatic rings. The van der Waals surface area contributed by atoms with Crippen molar-refractivity contribution in [3.05, 3.63) is 65.7 Å². The Bertz CT molecular complexity index is 1160. The number of nitrogens with one attached hydrogen (secondary N) is 1. The van der Waals surface area contributed by atoms with Gasteiger partial charge in [0, 0.05) is 6.42 Å². The minimum Gasteiger partial charge on any atom is -0.489 e. The summed E-state index contributed by atoms with van der Waals surface area (Å²) in [6.07, 6.45) is -0.746. The van der Waals surface area contributed by atoms with Crippen LogP contribution in [0.5, 0.6) is 5.75 Å². The van der Waals surface area contributed by atoms with Crippen LogP contribution in [0.2, 0.25) is 0 Å². The smallest absolute Gasteiger partial charge is 0.217 e. The molecule has 2 bridgehead atoms. The molecule has 0 amide bonds. The molecular weight excluding hydrogens is 404 g/mol. The first kappa shape index (κ1) is 21.4. The molecule has 0 spiro atoms. The molecule has 2 aromatic rings. The van der Waals surface area contributed by atoms with Crippen molar-refractivity contribution in [1.29, 1.82) is 21.2 Å². The Balaban J connectivity index is 1.78. The third kappa shape index (κ3) is 2.71. The van der Waals surface area contributed by atoms with Crippen LogP contribution in [0.15, 0.2) is 54.6 Å². The van der Waals surface area contributed by atoms with Crippen LogP contribution in [-0.2, 0) is 16.1 Å². The van der Waals surface area contributed by atoms with Crippen molar-refractivity contribution in [2.45, 2.75) is 38.8 Å². The molecule has 7 nitrogen and oxygen atoms in total. The van der Waals surface area contributed by atoms with Gasteiger partial charge in [-0.25, -0.2) is 0 Å². The molecule has 2 saturated heterocycles. The van der Waals surface area contributed by atoms with Gasteiger partial charge in [0.1, 0.15) is 18.5 Å². The van der Waals surface area contributed by atoms with E-state index in [-0.39, 0.29) is 0 Å². The zero-order chi connectivity index (χ0) is 23.0. The summed E-state index contributed by atoms with van der Waals surface area (Å²) in [5.74, 6) is -1.80. The Morgan fingerprint density at radius 3 is 2.38 bits per heavy atom. The second-order valence-electron chi connectivity index (χ2n) is 8.11. The first-order valence-electron chi connectivity index (χ1n) is 10.4. The van der Waals surface area contributed by atoms with Gasteiger partial charge in [-0.1, -0.05) is 56.3 Å². The first-order chi connectivity index (χ1) is 15.4. The molecule has 2 aromatic carbocycles. The van der Waals surface area contributed by atoms with E-state index in [4.69, 9.17) is 19.6 Å². The monoisotopic (exact) mass is 426 g/mol.